The van der Waals surface area contributed by atoms with Crippen molar-refractivity contribution in [3.8, 4) is 11.3 Å². The molecule has 0 spiro atoms. The fourth-order valence-corrected chi connectivity index (χ4v) is 4.82. The van der Waals surface area contributed by atoms with Gasteiger partial charge in [-0.25, -0.2) is 4.98 Å². The molecular formula is C25H24N6O3. The molecule has 3 aromatic heterocycles. The van der Waals surface area contributed by atoms with E-state index in [9.17, 15) is 14.7 Å². The Hall–Kier alpha value is -4.11. The van der Waals surface area contributed by atoms with Crippen LogP contribution in [0.3, 0.4) is 0 Å². The number of hydrogen-bond acceptors (Lipinski definition) is 6. The second kappa shape index (κ2) is 8.03. The maximum Gasteiger partial charge on any atom is 0.254 e. The summed E-state index contributed by atoms with van der Waals surface area (Å²) in [6, 6.07) is 10.9. The first-order chi connectivity index (χ1) is 16.6. The fraction of sp³-hybridized carbons (Fsp3) is 0.240. The molecule has 1 amide bonds. The predicted octanol–water partition coefficient (Wildman–Crippen LogP) is 2.64. The Bertz CT molecular complexity index is 1450. The maximum absolute atomic E-state index is 12.7. The van der Waals surface area contributed by atoms with E-state index in [-0.39, 0.29) is 17.4 Å². The summed E-state index contributed by atoms with van der Waals surface area (Å²) >= 11 is 0. The van der Waals surface area contributed by atoms with Crippen molar-refractivity contribution in [2.45, 2.75) is 25.5 Å². The Kier molecular flexibility index (Phi) is 4.84. The predicted molar refractivity (Wildman–Crippen MR) is 130 cm³/mol. The smallest absolute Gasteiger partial charge is 0.254 e. The third-order valence-corrected chi connectivity index (χ3v) is 6.62. The minimum absolute atomic E-state index is 0.0635. The van der Waals surface area contributed by atoms with Gasteiger partial charge in [-0.2, -0.15) is 0 Å². The number of rotatable bonds is 4. The van der Waals surface area contributed by atoms with Crippen molar-refractivity contribution in [2.24, 2.45) is 0 Å². The molecule has 6 rings (SSSR count). The zero-order valence-electron chi connectivity index (χ0n) is 18.4. The first-order valence-electron chi connectivity index (χ1n) is 11.4. The van der Waals surface area contributed by atoms with Gasteiger partial charge in [0.15, 0.2) is 5.43 Å². The molecule has 1 saturated heterocycles. The van der Waals surface area contributed by atoms with E-state index in [4.69, 9.17) is 0 Å². The molecule has 9 nitrogen and oxygen atoms in total. The van der Waals surface area contributed by atoms with Crippen molar-refractivity contribution < 1.29 is 9.90 Å². The van der Waals surface area contributed by atoms with Gasteiger partial charge in [-0.05, 0) is 36.6 Å². The van der Waals surface area contributed by atoms with E-state index >= 15 is 0 Å². The molecule has 4 N–H and O–H groups in total. The summed E-state index contributed by atoms with van der Waals surface area (Å²) in [5.41, 5.74) is 5.65. The summed E-state index contributed by atoms with van der Waals surface area (Å²) in [4.78, 5) is 34.3. The fourth-order valence-electron chi connectivity index (χ4n) is 4.82. The molecule has 0 radical (unpaired) electrons. The Morgan fingerprint density at radius 2 is 1.94 bits per heavy atom. The summed E-state index contributed by atoms with van der Waals surface area (Å²) in [5.74, 6) is 0.523. The summed E-state index contributed by atoms with van der Waals surface area (Å²) in [7, 11) is 0. The first-order valence-corrected chi connectivity index (χ1v) is 11.4. The molecule has 5 heterocycles. The van der Waals surface area contributed by atoms with E-state index in [1.165, 1.54) is 6.07 Å². The van der Waals surface area contributed by atoms with E-state index in [0.717, 1.165) is 48.4 Å². The van der Waals surface area contributed by atoms with Crippen LogP contribution in [0.15, 0.2) is 59.8 Å². The normalized spacial score (nSPS) is 16.0. The van der Waals surface area contributed by atoms with Crippen molar-refractivity contribution in [1.82, 2.24) is 19.7 Å². The van der Waals surface area contributed by atoms with Crippen LogP contribution in [0, 0.1) is 0 Å². The van der Waals surface area contributed by atoms with Crippen molar-refractivity contribution in [1.29, 1.82) is 0 Å². The number of aromatic nitrogens is 3. The number of hydrogen-bond donors (Lipinski definition) is 4. The second-order valence-electron chi connectivity index (χ2n) is 8.73. The van der Waals surface area contributed by atoms with Crippen LogP contribution in [0.4, 0.5) is 17.2 Å². The van der Waals surface area contributed by atoms with Crippen LogP contribution in [0.5, 0.6) is 0 Å². The first kappa shape index (κ1) is 20.5. The van der Waals surface area contributed by atoms with E-state index in [1.807, 2.05) is 41.1 Å². The Morgan fingerprint density at radius 3 is 2.74 bits per heavy atom. The van der Waals surface area contributed by atoms with Crippen molar-refractivity contribution in [3.63, 3.8) is 0 Å². The molecule has 1 fully saturated rings. The van der Waals surface area contributed by atoms with Gasteiger partial charge >= 0.3 is 0 Å². The highest BCUT2D eigenvalue weighted by molar-refractivity contribution is 6.06. The van der Waals surface area contributed by atoms with Gasteiger partial charge in [-0.1, -0.05) is 6.07 Å². The number of piperidine rings is 1. The van der Waals surface area contributed by atoms with Crippen LogP contribution in [0.2, 0.25) is 0 Å². The van der Waals surface area contributed by atoms with E-state index < -0.39 is 0 Å². The quantitative estimate of drug-likeness (QED) is 0.375. The number of anilines is 3. The molecule has 0 saturated carbocycles. The number of pyridine rings is 2. The van der Waals surface area contributed by atoms with Gasteiger partial charge in [0.25, 0.3) is 5.91 Å². The number of aliphatic hydroxyl groups is 1. The molecule has 2 aliphatic rings. The van der Waals surface area contributed by atoms with Crippen molar-refractivity contribution >= 4 is 28.7 Å². The maximum atomic E-state index is 12.7. The molecule has 34 heavy (non-hydrogen) atoms. The number of aliphatic hydroxyl groups excluding tert-OH is 1. The molecule has 2 aliphatic heterocycles. The minimum atomic E-state index is -0.215. The topological polar surface area (TPSA) is 115 Å². The number of H-pyrrole nitrogens is 1. The van der Waals surface area contributed by atoms with Crippen LogP contribution in [-0.2, 0) is 6.54 Å². The highest BCUT2D eigenvalue weighted by Gasteiger charge is 2.27. The third-order valence-electron chi connectivity index (χ3n) is 6.62. The van der Waals surface area contributed by atoms with Crippen molar-refractivity contribution in [2.75, 3.05) is 23.3 Å². The SMILES string of the molecule is O=C1NCc2c(-c3c[nH]c4cc(=O)ccn34)ccc(Nc3ccc(N4CCC(O)CC4)cn3)c21. The number of carbonyl (C=O) groups is 1. The molecule has 1 aromatic carbocycles. The van der Waals surface area contributed by atoms with Gasteiger partial charge < -0.3 is 30.0 Å². The summed E-state index contributed by atoms with van der Waals surface area (Å²) in [5, 5.41) is 16.0. The van der Waals surface area contributed by atoms with E-state index in [1.54, 1.807) is 12.3 Å². The third kappa shape index (κ3) is 3.50. The zero-order chi connectivity index (χ0) is 23.2. The van der Waals surface area contributed by atoms with Crippen LogP contribution in [0.25, 0.3) is 16.9 Å². The van der Waals surface area contributed by atoms with Gasteiger partial charge in [0.05, 0.1) is 34.9 Å². The highest BCUT2D eigenvalue weighted by Crippen LogP contribution is 2.35. The molecule has 9 heteroatoms. The Labute approximate surface area is 195 Å². The minimum Gasteiger partial charge on any atom is -0.393 e. The number of benzene rings is 1. The lowest BCUT2D eigenvalue weighted by Crippen LogP contribution is -2.35. The number of fused-ring (bicyclic) bond motifs is 2. The molecule has 4 aromatic rings. The van der Waals surface area contributed by atoms with Crippen molar-refractivity contribution in [3.05, 3.63) is 76.3 Å². The van der Waals surface area contributed by atoms with Gasteiger partial charge in [0, 0.05) is 49.7 Å². The lowest BCUT2D eigenvalue weighted by molar-refractivity contribution is 0.0966. The van der Waals surface area contributed by atoms with Crippen LogP contribution < -0.4 is 21.0 Å². The van der Waals surface area contributed by atoms with Gasteiger partial charge in [-0.3, -0.25) is 9.59 Å². The average Bonchev–Trinajstić information content (AvgIpc) is 3.44. The van der Waals surface area contributed by atoms with E-state index in [2.05, 4.69) is 25.5 Å². The lowest BCUT2D eigenvalue weighted by atomic mass is 9.99. The number of aromatic amines is 1. The van der Waals surface area contributed by atoms with Gasteiger partial charge in [0.2, 0.25) is 0 Å². The molecule has 0 aliphatic carbocycles. The largest absolute Gasteiger partial charge is 0.393 e. The van der Waals surface area contributed by atoms with Crippen LogP contribution >= 0.6 is 0 Å². The number of carbonyl (C=O) groups excluding carboxylic acids is 1. The zero-order valence-corrected chi connectivity index (χ0v) is 18.4. The van der Waals surface area contributed by atoms with E-state index in [0.29, 0.717) is 29.3 Å². The summed E-state index contributed by atoms with van der Waals surface area (Å²) < 4.78 is 1.91. The molecule has 0 atom stereocenters. The molecular weight excluding hydrogens is 432 g/mol. The lowest BCUT2D eigenvalue weighted by Gasteiger charge is -2.31. The Balaban J connectivity index is 1.31. The van der Waals surface area contributed by atoms with Crippen LogP contribution in [-0.4, -0.2) is 44.6 Å². The standard InChI is InChI=1S/C25H24N6O3/c32-16-5-8-30(9-6-16)15-1-4-22(26-12-15)29-20-3-2-18(19-13-28-25(34)24(19)20)21-14-27-23-11-17(33)7-10-31(21)23/h1-4,7,10-12,14,16,27,32H,5-6,8-9,13H2,(H,26,29)(H,28,34). The Morgan fingerprint density at radius 1 is 1.09 bits per heavy atom. The number of nitrogens with zero attached hydrogens (tertiary/aromatic N) is 3. The monoisotopic (exact) mass is 456 g/mol. The average molecular weight is 457 g/mol. The number of nitrogens with one attached hydrogen (secondary N) is 3. The molecule has 0 unspecified atom stereocenters. The molecule has 172 valence electrons. The van der Waals surface area contributed by atoms with Crippen LogP contribution in [0.1, 0.15) is 28.8 Å². The number of imidazole rings is 1. The van der Waals surface area contributed by atoms with Gasteiger partial charge in [-0.15, -0.1) is 0 Å². The molecule has 0 bridgehead atoms. The number of amides is 1. The van der Waals surface area contributed by atoms with Gasteiger partial charge in [0.1, 0.15) is 11.5 Å². The summed E-state index contributed by atoms with van der Waals surface area (Å²) in [6.45, 7) is 2.05. The second-order valence-corrected chi connectivity index (χ2v) is 8.73. The summed E-state index contributed by atoms with van der Waals surface area (Å²) in [6.07, 6.45) is 6.72. The highest BCUT2D eigenvalue weighted by atomic mass is 16.3.